The van der Waals surface area contributed by atoms with E-state index in [1.54, 1.807) is 5.01 Å². The van der Waals surface area contributed by atoms with E-state index in [1.807, 2.05) is 39.0 Å². The van der Waals surface area contributed by atoms with Crippen LogP contribution < -0.4 is 5.73 Å². The molecule has 0 spiro atoms. The van der Waals surface area contributed by atoms with Crippen LogP contribution in [-0.2, 0) is 11.3 Å². The molecule has 2 rings (SSSR count). The molecule has 3 unspecified atom stereocenters. The van der Waals surface area contributed by atoms with Crippen molar-refractivity contribution in [1.29, 1.82) is 0 Å². The summed E-state index contributed by atoms with van der Waals surface area (Å²) in [5.41, 5.74) is 8.33. The second kappa shape index (κ2) is 7.64. The van der Waals surface area contributed by atoms with Crippen molar-refractivity contribution in [3.63, 3.8) is 0 Å². The van der Waals surface area contributed by atoms with E-state index >= 15 is 0 Å². The quantitative estimate of drug-likeness (QED) is 0.870. The van der Waals surface area contributed by atoms with Gasteiger partial charge in [0.2, 0.25) is 6.23 Å². The summed E-state index contributed by atoms with van der Waals surface area (Å²) >= 11 is 0. The molecule has 0 radical (unpaired) electrons. The van der Waals surface area contributed by atoms with Crippen LogP contribution in [0.2, 0.25) is 0 Å². The first-order valence-corrected chi connectivity index (χ1v) is 6.93. The van der Waals surface area contributed by atoms with Crippen LogP contribution in [0, 0.1) is 12.8 Å². The molecule has 0 amide bonds. The Balaban J connectivity index is 0.00000220. The number of nitrogens with zero attached hydrogens (tertiary/aromatic N) is 2. The maximum absolute atomic E-state index is 10.3. The summed E-state index contributed by atoms with van der Waals surface area (Å²) in [6, 6.07) is 7.85. The van der Waals surface area contributed by atoms with Gasteiger partial charge in [-0.1, -0.05) is 43.7 Å². The molecule has 1 aromatic rings. The van der Waals surface area contributed by atoms with Gasteiger partial charge in [-0.3, -0.25) is 0 Å². The van der Waals surface area contributed by atoms with Crippen LogP contribution in [0.25, 0.3) is 0 Å². The fourth-order valence-corrected chi connectivity index (χ4v) is 2.26. The van der Waals surface area contributed by atoms with Crippen molar-refractivity contribution >= 4 is 18.8 Å². The lowest BCUT2D eigenvalue weighted by Crippen LogP contribution is -2.51. The fourth-order valence-electron chi connectivity index (χ4n) is 2.26. The monoisotopic (exact) mass is 313 g/mol. The van der Waals surface area contributed by atoms with Crippen molar-refractivity contribution in [3.05, 3.63) is 35.4 Å². The minimum Gasteiger partial charge on any atom is -0.454 e. The summed E-state index contributed by atoms with van der Waals surface area (Å²) in [7, 11) is 0. The Labute approximate surface area is 132 Å². The summed E-state index contributed by atoms with van der Waals surface area (Å²) in [5.74, 6) is 0.176. The van der Waals surface area contributed by atoms with Gasteiger partial charge in [0.05, 0.1) is 6.54 Å². The van der Waals surface area contributed by atoms with Gasteiger partial charge in [-0.2, -0.15) is 0 Å². The number of benzene rings is 1. The zero-order valence-corrected chi connectivity index (χ0v) is 13.5. The summed E-state index contributed by atoms with van der Waals surface area (Å²) < 4.78 is 5.41. The van der Waals surface area contributed by atoms with E-state index in [2.05, 4.69) is 11.2 Å². The molecule has 0 saturated carbocycles. The Morgan fingerprint density at radius 2 is 2.14 bits per heavy atom. The molecule has 0 aliphatic carbocycles. The molecule has 1 heterocycles. The van der Waals surface area contributed by atoms with Crippen LogP contribution >= 0.6 is 12.4 Å². The molecule has 3 atom stereocenters. The van der Waals surface area contributed by atoms with E-state index in [4.69, 9.17) is 10.5 Å². The molecule has 21 heavy (non-hydrogen) atoms. The Hall–Kier alpha value is -1.30. The number of hydrogen-bond acceptors (Lipinski definition) is 5. The SMILES string of the molecule is Cc1cccc(CN2N=COC2C(O)C(N)C(C)C)c1.Cl. The van der Waals surface area contributed by atoms with Crippen molar-refractivity contribution in [1.82, 2.24) is 5.01 Å². The number of halogens is 1. The lowest BCUT2D eigenvalue weighted by atomic mass is 9.98. The van der Waals surface area contributed by atoms with E-state index < -0.39 is 12.3 Å². The maximum Gasteiger partial charge on any atom is 0.215 e. The highest BCUT2D eigenvalue weighted by Crippen LogP contribution is 2.20. The van der Waals surface area contributed by atoms with Gasteiger partial charge in [0.1, 0.15) is 6.10 Å². The predicted molar refractivity (Wildman–Crippen MR) is 86.2 cm³/mol. The van der Waals surface area contributed by atoms with E-state index in [1.165, 1.54) is 12.0 Å². The van der Waals surface area contributed by atoms with Gasteiger partial charge in [-0.15, -0.1) is 17.5 Å². The molecular formula is C15H24ClN3O2. The number of ether oxygens (including phenoxy) is 1. The van der Waals surface area contributed by atoms with Crippen molar-refractivity contribution in [3.8, 4) is 0 Å². The Morgan fingerprint density at radius 3 is 2.76 bits per heavy atom. The first kappa shape index (κ1) is 17.8. The molecular weight excluding hydrogens is 290 g/mol. The average Bonchev–Trinajstić information content (AvgIpc) is 2.85. The number of hydrogen-bond donors (Lipinski definition) is 2. The molecule has 0 fully saturated rings. The number of aryl methyl sites for hydroxylation is 1. The topological polar surface area (TPSA) is 71.1 Å². The molecule has 1 aliphatic heterocycles. The number of aliphatic hydroxyl groups is 1. The van der Waals surface area contributed by atoms with Crippen molar-refractivity contribution in [2.75, 3.05) is 0 Å². The van der Waals surface area contributed by atoms with Crippen LogP contribution in [0.3, 0.4) is 0 Å². The smallest absolute Gasteiger partial charge is 0.215 e. The zero-order chi connectivity index (χ0) is 14.7. The van der Waals surface area contributed by atoms with Gasteiger partial charge >= 0.3 is 0 Å². The van der Waals surface area contributed by atoms with Crippen LogP contribution in [-0.4, -0.2) is 34.9 Å². The summed E-state index contributed by atoms with van der Waals surface area (Å²) in [4.78, 5) is 0. The van der Waals surface area contributed by atoms with Gasteiger partial charge in [-0.05, 0) is 18.4 Å². The zero-order valence-electron chi connectivity index (χ0n) is 12.6. The van der Waals surface area contributed by atoms with Crippen molar-refractivity contribution in [2.24, 2.45) is 16.8 Å². The van der Waals surface area contributed by atoms with Crippen LogP contribution in [0.15, 0.2) is 29.4 Å². The van der Waals surface area contributed by atoms with Gasteiger partial charge in [0.15, 0.2) is 6.40 Å². The van der Waals surface area contributed by atoms with E-state index in [-0.39, 0.29) is 24.4 Å². The van der Waals surface area contributed by atoms with Gasteiger partial charge in [0.25, 0.3) is 0 Å². The highest BCUT2D eigenvalue weighted by atomic mass is 35.5. The van der Waals surface area contributed by atoms with Crippen molar-refractivity contribution in [2.45, 2.75) is 45.7 Å². The summed E-state index contributed by atoms with van der Waals surface area (Å²) in [5, 5.41) is 16.2. The summed E-state index contributed by atoms with van der Waals surface area (Å²) in [6.07, 6.45) is 0.0757. The largest absolute Gasteiger partial charge is 0.454 e. The number of nitrogens with two attached hydrogens (primary N) is 1. The van der Waals surface area contributed by atoms with E-state index in [9.17, 15) is 5.11 Å². The minimum absolute atomic E-state index is 0. The Morgan fingerprint density at radius 1 is 1.43 bits per heavy atom. The second-order valence-electron chi connectivity index (χ2n) is 5.65. The third-order valence-corrected chi connectivity index (χ3v) is 3.57. The molecule has 6 heteroatoms. The number of hydrazone groups is 1. The van der Waals surface area contributed by atoms with Gasteiger partial charge in [0, 0.05) is 6.04 Å². The molecule has 3 N–H and O–H groups in total. The Bertz CT molecular complexity index is 482. The molecule has 1 aliphatic rings. The normalized spacial score (nSPS) is 20.1. The standard InChI is InChI=1S/C15H23N3O2.ClH/c1-10(2)13(16)14(19)15-18(17-9-20-15)8-12-6-4-5-11(3)7-12;/h4-7,9-10,13-15,19H,8,16H2,1-3H3;1H. The summed E-state index contributed by atoms with van der Waals surface area (Å²) in [6.45, 7) is 6.60. The predicted octanol–water partition coefficient (Wildman–Crippen LogP) is 1.86. The Kier molecular flexibility index (Phi) is 6.45. The molecule has 5 nitrogen and oxygen atoms in total. The first-order chi connectivity index (χ1) is 9.49. The highest BCUT2D eigenvalue weighted by Gasteiger charge is 2.35. The van der Waals surface area contributed by atoms with Crippen LogP contribution in [0.4, 0.5) is 0 Å². The highest BCUT2D eigenvalue weighted by molar-refractivity contribution is 5.85. The number of aliphatic hydroxyl groups excluding tert-OH is 1. The third-order valence-electron chi connectivity index (χ3n) is 3.57. The molecule has 0 aromatic heterocycles. The molecule has 0 bridgehead atoms. The van der Waals surface area contributed by atoms with Gasteiger partial charge in [-0.25, -0.2) is 5.01 Å². The van der Waals surface area contributed by atoms with Crippen molar-refractivity contribution < 1.29 is 9.84 Å². The molecule has 118 valence electrons. The fraction of sp³-hybridized carbons (Fsp3) is 0.533. The van der Waals surface area contributed by atoms with Crippen LogP contribution in [0.5, 0.6) is 0 Å². The lowest BCUT2D eigenvalue weighted by Gasteiger charge is -2.31. The van der Waals surface area contributed by atoms with Crippen LogP contribution in [0.1, 0.15) is 25.0 Å². The number of rotatable bonds is 5. The van der Waals surface area contributed by atoms with E-state index in [0.717, 1.165) is 5.56 Å². The third kappa shape index (κ3) is 4.33. The lowest BCUT2D eigenvalue weighted by molar-refractivity contribution is -0.0665. The average molecular weight is 314 g/mol. The second-order valence-corrected chi connectivity index (χ2v) is 5.65. The maximum atomic E-state index is 10.3. The van der Waals surface area contributed by atoms with E-state index in [0.29, 0.717) is 6.54 Å². The molecule has 0 saturated heterocycles. The minimum atomic E-state index is -0.776. The van der Waals surface area contributed by atoms with Gasteiger partial charge < -0.3 is 15.6 Å². The first-order valence-electron chi connectivity index (χ1n) is 6.93. The molecule has 1 aromatic carbocycles.